The third-order valence-corrected chi connectivity index (χ3v) is 4.93. The maximum absolute atomic E-state index is 12.0. The van der Waals surface area contributed by atoms with Gasteiger partial charge in [-0.25, -0.2) is 9.97 Å². The lowest BCUT2D eigenvalue weighted by Crippen LogP contribution is -2.26. The largest absolute Gasteiger partial charge is 0.382 e. The van der Waals surface area contributed by atoms with E-state index in [1.807, 2.05) is 59.2 Å². The summed E-state index contributed by atoms with van der Waals surface area (Å²) in [7, 11) is 0. The Morgan fingerprint density at radius 2 is 1.81 bits per heavy atom. The van der Waals surface area contributed by atoms with Gasteiger partial charge in [-0.05, 0) is 24.5 Å². The van der Waals surface area contributed by atoms with E-state index in [9.17, 15) is 4.79 Å². The number of nitrogens with zero attached hydrogens (tertiary/aromatic N) is 3. The van der Waals surface area contributed by atoms with Gasteiger partial charge in [-0.3, -0.25) is 4.79 Å². The number of carbonyl (C=O) groups excluding carboxylic acids is 1. The highest BCUT2D eigenvalue weighted by Crippen LogP contribution is 2.27. The zero-order valence-electron chi connectivity index (χ0n) is 14.9. The first kappa shape index (κ1) is 17.0. The molecule has 0 aliphatic carbocycles. The molecule has 0 aliphatic heterocycles. The Hall–Kier alpha value is -3.41. The molecule has 0 bridgehead atoms. The molecule has 1 unspecified atom stereocenters. The molecule has 0 spiro atoms. The second-order valence-electron chi connectivity index (χ2n) is 6.73. The Balaban J connectivity index is 1.64. The van der Waals surface area contributed by atoms with Crippen molar-refractivity contribution in [3.05, 3.63) is 66.5 Å². The summed E-state index contributed by atoms with van der Waals surface area (Å²) < 4.78 is 2.04. The Morgan fingerprint density at radius 3 is 2.59 bits per heavy atom. The van der Waals surface area contributed by atoms with E-state index in [1.165, 1.54) is 0 Å². The molecule has 6 nitrogen and oxygen atoms in total. The first-order chi connectivity index (χ1) is 13.1. The third-order valence-electron chi connectivity index (χ3n) is 4.93. The van der Waals surface area contributed by atoms with Gasteiger partial charge in [0, 0.05) is 17.8 Å². The van der Waals surface area contributed by atoms with Crippen molar-refractivity contribution < 1.29 is 4.79 Å². The summed E-state index contributed by atoms with van der Waals surface area (Å²) in [6.45, 7) is 0.629. The van der Waals surface area contributed by atoms with Crippen LogP contribution in [0.15, 0.2) is 60.9 Å². The smallest absolute Gasteiger partial charge is 0.220 e. The second-order valence-corrected chi connectivity index (χ2v) is 6.73. The summed E-state index contributed by atoms with van der Waals surface area (Å²) in [6, 6.07) is 17.8. The number of benzene rings is 2. The molecule has 0 saturated heterocycles. The summed E-state index contributed by atoms with van der Waals surface area (Å²) >= 11 is 0. The first-order valence-electron chi connectivity index (χ1n) is 8.96. The minimum Gasteiger partial charge on any atom is -0.382 e. The minimum absolute atomic E-state index is 0.240. The number of fused-ring (bicyclic) bond motifs is 3. The highest BCUT2D eigenvalue weighted by molar-refractivity contribution is 6.06. The molecule has 1 atom stereocenters. The summed E-state index contributed by atoms with van der Waals surface area (Å²) in [4.78, 5) is 20.8. The molecule has 27 heavy (non-hydrogen) atoms. The summed E-state index contributed by atoms with van der Waals surface area (Å²) in [5, 5.41) is 0.998. The molecular formula is C21H21N5O. The molecule has 4 aromatic rings. The number of nitrogen functional groups attached to an aromatic ring is 1. The van der Waals surface area contributed by atoms with E-state index >= 15 is 0 Å². The summed E-state index contributed by atoms with van der Waals surface area (Å²) in [6.07, 6.45) is 3.02. The Morgan fingerprint density at radius 1 is 1.07 bits per heavy atom. The number of pyridine rings is 1. The molecule has 1 amide bonds. The van der Waals surface area contributed by atoms with Crippen molar-refractivity contribution in [2.75, 3.05) is 5.73 Å². The van der Waals surface area contributed by atoms with Crippen LogP contribution in [0.25, 0.3) is 21.9 Å². The van der Waals surface area contributed by atoms with Gasteiger partial charge in [0.25, 0.3) is 0 Å². The Kier molecular flexibility index (Phi) is 4.46. The number of rotatable bonds is 6. The highest BCUT2D eigenvalue weighted by Gasteiger charge is 2.18. The number of primary amides is 1. The fourth-order valence-electron chi connectivity index (χ4n) is 3.51. The van der Waals surface area contributed by atoms with E-state index in [1.54, 1.807) is 6.33 Å². The van der Waals surface area contributed by atoms with Crippen LogP contribution in [0.5, 0.6) is 0 Å². The first-order valence-corrected chi connectivity index (χ1v) is 8.96. The number of carbonyl (C=O) groups is 1. The average molecular weight is 359 g/mol. The second kappa shape index (κ2) is 7.07. The van der Waals surface area contributed by atoms with E-state index in [0.717, 1.165) is 22.0 Å². The number of aromatic nitrogens is 3. The van der Waals surface area contributed by atoms with Crippen LogP contribution in [0, 0.1) is 5.92 Å². The van der Waals surface area contributed by atoms with Crippen LogP contribution in [0.3, 0.4) is 0 Å². The van der Waals surface area contributed by atoms with Crippen molar-refractivity contribution >= 4 is 33.7 Å². The van der Waals surface area contributed by atoms with Gasteiger partial charge in [0.2, 0.25) is 5.91 Å². The molecule has 4 rings (SSSR count). The van der Waals surface area contributed by atoms with E-state index in [-0.39, 0.29) is 11.8 Å². The van der Waals surface area contributed by atoms with Crippen molar-refractivity contribution in [2.45, 2.75) is 19.4 Å². The standard InChI is InChI=1S/C21H21N5O/c22-20-18-19(16-8-4-5-9-17(16)25-20)26(13-24-18)11-10-15(21(23)27)12-14-6-2-1-3-7-14/h1-9,13,15H,10-12H2,(H2,22,25)(H2,23,27). The Labute approximate surface area is 156 Å². The van der Waals surface area contributed by atoms with Gasteiger partial charge in [-0.2, -0.15) is 0 Å². The number of anilines is 1. The predicted molar refractivity (Wildman–Crippen MR) is 107 cm³/mol. The van der Waals surface area contributed by atoms with Gasteiger partial charge in [0.15, 0.2) is 5.82 Å². The van der Waals surface area contributed by atoms with E-state index in [2.05, 4.69) is 9.97 Å². The van der Waals surface area contributed by atoms with Gasteiger partial charge >= 0.3 is 0 Å². The molecule has 0 radical (unpaired) electrons. The van der Waals surface area contributed by atoms with Crippen LogP contribution < -0.4 is 11.5 Å². The number of para-hydroxylation sites is 1. The van der Waals surface area contributed by atoms with Crippen molar-refractivity contribution in [3.63, 3.8) is 0 Å². The molecule has 2 aromatic carbocycles. The predicted octanol–water partition coefficient (Wildman–Crippen LogP) is 2.90. The van der Waals surface area contributed by atoms with Crippen molar-refractivity contribution in [1.82, 2.24) is 14.5 Å². The molecule has 136 valence electrons. The molecule has 0 aliphatic rings. The zero-order valence-corrected chi connectivity index (χ0v) is 14.9. The minimum atomic E-state index is -0.283. The maximum atomic E-state index is 12.0. The quantitative estimate of drug-likeness (QED) is 0.553. The molecule has 0 fully saturated rings. The average Bonchev–Trinajstić information content (AvgIpc) is 3.11. The normalized spacial score (nSPS) is 12.4. The van der Waals surface area contributed by atoms with E-state index < -0.39 is 0 Å². The van der Waals surface area contributed by atoms with Gasteiger partial charge in [0.1, 0.15) is 5.52 Å². The number of imidazole rings is 1. The van der Waals surface area contributed by atoms with Crippen molar-refractivity contribution in [3.8, 4) is 0 Å². The highest BCUT2D eigenvalue weighted by atomic mass is 16.1. The van der Waals surface area contributed by atoms with Gasteiger partial charge in [-0.1, -0.05) is 48.5 Å². The lowest BCUT2D eigenvalue weighted by molar-refractivity contribution is -0.122. The SMILES string of the molecule is NC(=O)C(CCn1cnc2c(N)nc3ccccc3c21)Cc1ccccc1. The number of hydrogen-bond donors (Lipinski definition) is 2. The van der Waals surface area contributed by atoms with Crippen molar-refractivity contribution in [2.24, 2.45) is 11.7 Å². The van der Waals surface area contributed by atoms with E-state index in [0.29, 0.717) is 30.7 Å². The van der Waals surface area contributed by atoms with Crippen LogP contribution in [0.4, 0.5) is 5.82 Å². The third kappa shape index (κ3) is 3.33. The molecule has 2 aromatic heterocycles. The molecule has 4 N–H and O–H groups in total. The number of nitrogens with two attached hydrogens (primary N) is 2. The lowest BCUT2D eigenvalue weighted by atomic mass is 9.95. The fourth-order valence-corrected chi connectivity index (χ4v) is 3.51. The van der Waals surface area contributed by atoms with Crippen LogP contribution in [-0.2, 0) is 17.8 Å². The number of hydrogen-bond acceptors (Lipinski definition) is 4. The number of amides is 1. The molecular weight excluding hydrogens is 338 g/mol. The fraction of sp³-hybridized carbons (Fsp3) is 0.190. The molecule has 6 heteroatoms. The molecule has 0 saturated carbocycles. The lowest BCUT2D eigenvalue weighted by Gasteiger charge is -2.14. The van der Waals surface area contributed by atoms with Crippen LogP contribution in [0.1, 0.15) is 12.0 Å². The van der Waals surface area contributed by atoms with Gasteiger partial charge in [0.05, 0.1) is 17.4 Å². The summed E-state index contributed by atoms with van der Waals surface area (Å²) in [5.41, 5.74) is 15.3. The van der Waals surface area contributed by atoms with Gasteiger partial charge < -0.3 is 16.0 Å². The van der Waals surface area contributed by atoms with Crippen LogP contribution in [0.2, 0.25) is 0 Å². The topological polar surface area (TPSA) is 99.8 Å². The maximum Gasteiger partial charge on any atom is 0.220 e. The zero-order chi connectivity index (χ0) is 18.8. The monoisotopic (exact) mass is 359 g/mol. The van der Waals surface area contributed by atoms with Crippen LogP contribution >= 0.6 is 0 Å². The summed E-state index contributed by atoms with van der Waals surface area (Å²) in [5.74, 6) is -0.109. The Bertz CT molecular complexity index is 1100. The molecule has 2 heterocycles. The van der Waals surface area contributed by atoms with Crippen molar-refractivity contribution in [1.29, 1.82) is 0 Å². The van der Waals surface area contributed by atoms with E-state index in [4.69, 9.17) is 11.5 Å². The number of aryl methyl sites for hydroxylation is 1. The van der Waals surface area contributed by atoms with Gasteiger partial charge in [-0.15, -0.1) is 0 Å². The van der Waals surface area contributed by atoms with Crippen LogP contribution in [-0.4, -0.2) is 20.4 Å².